The van der Waals surface area contributed by atoms with Crippen molar-refractivity contribution in [2.45, 2.75) is 44.7 Å². The summed E-state index contributed by atoms with van der Waals surface area (Å²) in [5.41, 5.74) is 6.75. The minimum absolute atomic E-state index is 0.102. The molecule has 0 aromatic carbocycles. The predicted molar refractivity (Wildman–Crippen MR) is 82.6 cm³/mol. The maximum absolute atomic E-state index is 12.2. The topological polar surface area (TPSA) is 76.2 Å². The number of nitrogens with two attached hydrogens (primary N) is 1. The van der Waals surface area contributed by atoms with Crippen LogP contribution in [0.15, 0.2) is 12.4 Å². The van der Waals surface area contributed by atoms with Gasteiger partial charge in [-0.15, -0.1) is 0 Å². The van der Waals surface area contributed by atoms with E-state index in [1.165, 1.54) is 19.4 Å². The third-order valence-corrected chi connectivity index (χ3v) is 4.13. The molecular weight excluding hydrogens is 266 g/mol. The third kappa shape index (κ3) is 4.54. The number of nitrogens with one attached hydrogen (secondary N) is 1. The van der Waals surface area contributed by atoms with Gasteiger partial charge in [0, 0.05) is 37.9 Å². The predicted octanol–water partition coefficient (Wildman–Crippen LogP) is 0.801. The van der Waals surface area contributed by atoms with Crippen molar-refractivity contribution in [2.75, 3.05) is 19.6 Å². The lowest BCUT2D eigenvalue weighted by Gasteiger charge is -2.32. The van der Waals surface area contributed by atoms with E-state index in [2.05, 4.69) is 22.2 Å². The first-order valence-corrected chi connectivity index (χ1v) is 7.87. The largest absolute Gasteiger partial charge is 0.352 e. The maximum Gasteiger partial charge on any atom is 0.241 e. The van der Waals surface area contributed by atoms with Crippen molar-refractivity contribution in [3.63, 3.8) is 0 Å². The van der Waals surface area contributed by atoms with Crippen LogP contribution in [0.2, 0.25) is 0 Å². The molecular formula is C15H27N5O. The van der Waals surface area contributed by atoms with Gasteiger partial charge < -0.3 is 16.0 Å². The number of piperidine rings is 1. The summed E-state index contributed by atoms with van der Waals surface area (Å²) in [5.74, 6) is -0.102. The quantitative estimate of drug-likeness (QED) is 0.813. The minimum atomic E-state index is -0.628. The number of nitrogens with zero attached hydrogens (tertiary/aromatic N) is 3. The van der Waals surface area contributed by atoms with Crippen LogP contribution in [0.25, 0.3) is 0 Å². The van der Waals surface area contributed by atoms with Crippen LogP contribution in [-0.2, 0) is 11.8 Å². The average Bonchev–Trinajstić information content (AvgIpc) is 2.92. The molecule has 6 nitrogen and oxygen atoms in total. The first-order chi connectivity index (χ1) is 10.1. The molecule has 1 atom stereocenters. The Morgan fingerprint density at radius 1 is 1.52 bits per heavy atom. The van der Waals surface area contributed by atoms with Gasteiger partial charge >= 0.3 is 0 Å². The molecule has 0 radical (unpaired) electrons. The number of carbonyl (C=O) groups is 1. The van der Waals surface area contributed by atoms with Gasteiger partial charge in [0.25, 0.3) is 0 Å². The maximum atomic E-state index is 12.2. The van der Waals surface area contributed by atoms with Gasteiger partial charge in [0.1, 0.15) is 6.04 Å². The zero-order valence-corrected chi connectivity index (χ0v) is 13.1. The van der Waals surface area contributed by atoms with Crippen molar-refractivity contribution in [3.8, 4) is 0 Å². The van der Waals surface area contributed by atoms with Crippen LogP contribution >= 0.6 is 0 Å². The SMILES string of the molecule is CCCCN1CCC(NC(=O)C(N)c2cnn(C)c2)CC1. The van der Waals surface area contributed by atoms with Gasteiger partial charge in [0.2, 0.25) is 5.91 Å². The van der Waals surface area contributed by atoms with Crippen LogP contribution in [0.1, 0.15) is 44.2 Å². The monoisotopic (exact) mass is 293 g/mol. The molecule has 1 aliphatic heterocycles. The summed E-state index contributed by atoms with van der Waals surface area (Å²) in [5, 5.41) is 7.13. The van der Waals surface area contributed by atoms with Gasteiger partial charge in [-0.3, -0.25) is 9.48 Å². The molecule has 1 aromatic heterocycles. The van der Waals surface area contributed by atoms with E-state index in [1.54, 1.807) is 17.1 Å². The second-order valence-electron chi connectivity index (χ2n) is 5.90. The number of aryl methyl sites for hydroxylation is 1. The van der Waals surface area contributed by atoms with Gasteiger partial charge in [0.15, 0.2) is 0 Å². The van der Waals surface area contributed by atoms with Crippen LogP contribution in [0, 0.1) is 0 Å². The molecule has 0 spiro atoms. The highest BCUT2D eigenvalue weighted by Gasteiger charge is 2.24. The zero-order valence-electron chi connectivity index (χ0n) is 13.1. The molecule has 1 unspecified atom stereocenters. The number of aromatic nitrogens is 2. The zero-order chi connectivity index (χ0) is 15.2. The van der Waals surface area contributed by atoms with Gasteiger partial charge in [-0.05, 0) is 25.8 Å². The van der Waals surface area contributed by atoms with Crippen LogP contribution < -0.4 is 11.1 Å². The lowest BCUT2D eigenvalue weighted by molar-refractivity contribution is -0.123. The van der Waals surface area contributed by atoms with Crippen LogP contribution in [0.4, 0.5) is 0 Å². The Hall–Kier alpha value is -1.40. The number of unbranched alkanes of at least 4 members (excludes halogenated alkanes) is 1. The highest BCUT2D eigenvalue weighted by Crippen LogP contribution is 2.14. The number of hydrogen-bond donors (Lipinski definition) is 2. The molecule has 6 heteroatoms. The van der Waals surface area contributed by atoms with Crippen molar-refractivity contribution >= 4 is 5.91 Å². The van der Waals surface area contributed by atoms with E-state index in [0.717, 1.165) is 31.5 Å². The van der Waals surface area contributed by atoms with E-state index in [4.69, 9.17) is 5.73 Å². The molecule has 1 saturated heterocycles. The summed E-state index contributed by atoms with van der Waals surface area (Å²) in [7, 11) is 1.82. The summed E-state index contributed by atoms with van der Waals surface area (Å²) in [4.78, 5) is 14.7. The van der Waals surface area contributed by atoms with Gasteiger partial charge in [-0.25, -0.2) is 0 Å². The fraction of sp³-hybridized carbons (Fsp3) is 0.733. The molecule has 118 valence electrons. The van der Waals surface area contributed by atoms with Gasteiger partial charge in [0.05, 0.1) is 6.20 Å². The van der Waals surface area contributed by atoms with E-state index in [9.17, 15) is 4.79 Å². The van der Waals surface area contributed by atoms with E-state index < -0.39 is 6.04 Å². The second kappa shape index (κ2) is 7.56. The Balaban J connectivity index is 1.76. The van der Waals surface area contributed by atoms with Crippen molar-refractivity contribution in [1.29, 1.82) is 0 Å². The standard InChI is InChI=1S/C15H27N5O/c1-3-4-7-20-8-5-13(6-9-20)18-15(21)14(16)12-10-17-19(2)11-12/h10-11,13-14H,3-9,16H2,1-2H3,(H,18,21). The van der Waals surface area contributed by atoms with Crippen molar-refractivity contribution in [1.82, 2.24) is 20.0 Å². The number of likely N-dealkylation sites (tertiary alicyclic amines) is 1. The molecule has 2 heterocycles. The first kappa shape index (κ1) is 16.0. The van der Waals surface area contributed by atoms with Crippen molar-refractivity contribution in [3.05, 3.63) is 18.0 Å². The Kier molecular flexibility index (Phi) is 5.76. The van der Waals surface area contributed by atoms with Gasteiger partial charge in [-0.1, -0.05) is 13.3 Å². The molecule has 21 heavy (non-hydrogen) atoms. The number of rotatable bonds is 6. The summed E-state index contributed by atoms with van der Waals surface area (Å²) < 4.78 is 1.66. The minimum Gasteiger partial charge on any atom is -0.352 e. The highest BCUT2D eigenvalue weighted by atomic mass is 16.2. The van der Waals surface area contributed by atoms with Gasteiger partial charge in [-0.2, -0.15) is 5.10 Å². The molecule has 3 N–H and O–H groups in total. The van der Waals surface area contributed by atoms with Crippen molar-refractivity contribution < 1.29 is 4.79 Å². The smallest absolute Gasteiger partial charge is 0.241 e. The first-order valence-electron chi connectivity index (χ1n) is 7.87. The normalized spacial score (nSPS) is 18.6. The molecule has 1 fully saturated rings. The van der Waals surface area contributed by atoms with Crippen LogP contribution in [-0.4, -0.2) is 46.3 Å². The number of amides is 1. The molecule has 1 aromatic rings. The Morgan fingerprint density at radius 2 is 2.24 bits per heavy atom. The second-order valence-corrected chi connectivity index (χ2v) is 5.90. The fourth-order valence-electron chi connectivity index (χ4n) is 2.73. The van der Waals surface area contributed by atoms with Crippen molar-refractivity contribution in [2.24, 2.45) is 12.8 Å². The average molecular weight is 293 g/mol. The lowest BCUT2D eigenvalue weighted by Crippen LogP contribution is -2.47. The van der Waals surface area contributed by atoms with E-state index >= 15 is 0 Å². The fourth-order valence-corrected chi connectivity index (χ4v) is 2.73. The lowest BCUT2D eigenvalue weighted by atomic mass is 10.0. The molecule has 1 amide bonds. The molecule has 0 aliphatic carbocycles. The number of carbonyl (C=O) groups excluding carboxylic acids is 1. The van der Waals surface area contributed by atoms with E-state index in [1.807, 2.05) is 7.05 Å². The van der Waals surface area contributed by atoms with Crippen LogP contribution in [0.3, 0.4) is 0 Å². The Labute approximate surface area is 126 Å². The Morgan fingerprint density at radius 3 is 2.81 bits per heavy atom. The molecule has 1 aliphatic rings. The summed E-state index contributed by atoms with van der Waals surface area (Å²) >= 11 is 0. The highest BCUT2D eigenvalue weighted by molar-refractivity contribution is 5.83. The molecule has 0 bridgehead atoms. The summed E-state index contributed by atoms with van der Waals surface area (Å²) in [6, 6.07) is -0.380. The summed E-state index contributed by atoms with van der Waals surface area (Å²) in [6.07, 6.45) is 7.94. The molecule has 0 saturated carbocycles. The van der Waals surface area contributed by atoms with Crippen LogP contribution in [0.5, 0.6) is 0 Å². The van der Waals surface area contributed by atoms with E-state index in [-0.39, 0.29) is 11.9 Å². The summed E-state index contributed by atoms with van der Waals surface area (Å²) in [6.45, 7) is 5.51. The van der Waals surface area contributed by atoms with E-state index in [0.29, 0.717) is 0 Å². The number of hydrogen-bond acceptors (Lipinski definition) is 4. The molecule has 2 rings (SSSR count). The Bertz CT molecular complexity index is 451. The third-order valence-electron chi connectivity index (χ3n) is 4.13.